The van der Waals surface area contributed by atoms with Crippen LogP contribution in [0.1, 0.15) is 51.0 Å². The van der Waals surface area contributed by atoms with E-state index >= 15 is 0 Å². The van der Waals surface area contributed by atoms with E-state index in [0.29, 0.717) is 12.8 Å². The van der Waals surface area contributed by atoms with Crippen LogP contribution in [0.25, 0.3) is 0 Å². The Kier molecular flexibility index (Phi) is 7.89. The van der Waals surface area contributed by atoms with Crippen molar-refractivity contribution in [1.29, 1.82) is 0 Å². The molecule has 1 N–H and O–H groups in total. The van der Waals surface area contributed by atoms with Gasteiger partial charge in [-0.1, -0.05) is 25.0 Å². The highest BCUT2D eigenvalue weighted by molar-refractivity contribution is 5.94. The Balaban J connectivity index is 2.45. The molecule has 0 unspecified atom stereocenters. The Bertz CT molecular complexity index is 496. The number of unbranched alkanes of at least 4 members (excludes halogenated alkanes) is 4. The number of phenolic OH excluding ortho intramolecular Hbond substituents is 1. The van der Waals surface area contributed by atoms with Gasteiger partial charge in [0, 0.05) is 19.8 Å². The van der Waals surface area contributed by atoms with Crippen LogP contribution in [0.15, 0.2) is 24.3 Å². The highest BCUT2D eigenvalue weighted by Gasteiger charge is 2.17. The fraction of sp³-hybridized carbons (Fsp3) is 0.471. The molecule has 5 heteroatoms. The van der Waals surface area contributed by atoms with Crippen molar-refractivity contribution in [2.24, 2.45) is 0 Å². The first-order valence-electron chi connectivity index (χ1n) is 7.57. The molecule has 0 spiro atoms. The first kappa shape index (κ1) is 17.9. The number of benzene rings is 1. The van der Waals surface area contributed by atoms with Crippen LogP contribution in [-0.2, 0) is 20.9 Å². The maximum absolute atomic E-state index is 12.1. The molecule has 0 saturated carbocycles. The normalized spacial score (nSPS) is 10.2. The highest BCUT2D eigenvalue weighted by atomic mass is 16.3. The molecule has 0 radical (unpaired) electrons. The lowest BCUT2D eigenvalue weighted by molar-refractivity contribution is -0.144. The summed E-state index contributed by atoms with van der Waals surface area (Å²) >= 11 is 0. The van der Waals surface area contributed by atoms with Crippen molar-refractivity contribution in [3.05, 3.63) is 29.8 Å². The molecular weight excluding hydrogens is 282 g/mol. The Morgan fingerprint density at radius 3 is 2.32 bits per heavy atom. The minimum Gasteiger partial charge on any atom is -0.508 e. The molecule has 1 rings (SSSR count). The van der Waals surface area contributed by atoms with Gasteiger partial charge in [0.2, 0.25) is 11.8 Å². The molecule has 0 saturated heterocycles. The number of rotatable bonds is 9. The zero-order valence-corrected chi connectivity index (χ0v) is 13.0. The van der Waals surface area contributed by atoms with E-state index in [0.717, 1.165) is 37.5 Å². The van der Waals surface area contributed by atoms with Crippen molar-refractivity contribution in [2.45, 2.75) is 52.0 Å². The monoisotopic (exact) mass is 305 g/mol. The largest absolute Gasteiger partial charge is 0.508 e. The number of aldehydes is 1. The lowest BCUT2D eigenvalue weighted by Gasteiger charge is -2.19. The fourth-order valence-corrected chi connectivity index (χ4v) is 2.15. The van der Waals surface area contributed by atoms with Gasteiger partial charge in [-0.25, -0.2) is 0 Å². The van der Waals surface area contributed by atoms with Crippen molar-refractivity contribution in [3.8, 4) is 5.75 Å². The summed E-state index contributed by atoms with van der Waals surface area (Å²) in [5.41, 5.74) is 0.798. The second-order valence-electron chi connectivity index (χ2n) is 5.28. The van der Waals surface area contributed by atoms with Crippen molar-refractivity contribution in [2.75, 3.05) is 0 Å². The molecular formula is C17H23NO4. The van der Waals surface area contributed by atoms with Crippen molar-refractivity contribution >= 4 is 18.1 Å². The Morgan fingerprint density at radius 1 is 1.09 bits per heavy atom. The molecule has 0 aliphatic rings. The summed E-state index contributed by atoms with van der Waals surface area (Å²) in [6, 6.07) is 6.45. The molecule has 0 aliphatic carbocycles. The van der Waals surface area contributed by atoms with E-state index in [-0.39, 0.29) is 24.1 Å². The molecule has 0 bridgehead atoms. The summed E-state index contributed by atoms with van der Waals surface area (Å²) in [7, 11) is 0. The predicted molar refractivity (Wildman–Crippen MR) is 83.1 cm³/mol. The van der Waals surface area contributed by atoms with Gasteiger partial charge in [0.25, 0.3) is 0 Å². The maximum Gasteiger partial charge on any atom is 0.229 e. The third-order valence-electron chi connectivity index (χ3n) is 3.42. The first-order valence-corrected chi connectivity index (χ1v) is 7.57. The third-order valence-corrected chi connectivity index (χ3v) is 3.42. The number of carbonyl (C=O) groups excluding carboxylic acids is 3. The number of amides is 2. The van der Waals surface area contributed by atoms with Gasteiger partial charge >= 0.3 is 0 Å². The Morgan fingerprint density at radius 2 is 1.73 bits per heavy atom. The summed E-state index contributed by atoms with van der Waals surface area (Å²) in [5, 5.41) is 9.24. The molecule has 1 aromatic carbocycles. The fourth-order valence-electron chi connectivity index (χ4n) is 2.15. The number of hydrogen-bond acceptors (Lipinski definition) is 4. The van der Waals surface area contributed by atoms with E-state index < -0.39 is 0 Å². The van der Waals surface area contributed by atoms with Gasteiger partial charge in [0.15, 0.2) is 0 Å². The van der Waals surface area contributed by atoms with Gasteiger partial charge in [-0.2, -0.15) is 0 Å². The van der Waals surface area contributed by atoms with Crippen molar-refractivity contribution < 1.29 is 19.5 Å². The van der Waals surface area contributed by atoms with Crippen LogP contribution in [-0.4, -0.2) is 28.1 Å². The minimum absolute atomic E-state index is 0.153. The predicted octanol–water partition coefficient (Wildman–Crippen LogP) is 2.81. The summed E-state index contributed by atoms with van der Waals surface area (Å²) in [6.07, 6.45) is 5.17. The third kappa shape index (κ3) is 6.52. The zero-order chi connectivity index (χ0) is 16.4. The SMILES string of the molecule is CC(=O)N(Cc1ccc(O)cc1)C(=O)CCCCCCC=O. The summed E-state index contributed by atoms with van der Waals surface area (Å²) < 4.78 is 0. The van der Waals surface area contributed by atoms with Crippen LogP contribution >= 0.6 is 0 Å². The van der Waals surface area contributed by atoms with Crippen LogP contribution in [0.3, 0.4) is 0 Å². The Hall–Kier alpha value is -2.17. The van der Waals surface area contributed by atoms with Crippen molar-refractivity contribution in [3.63, 3.8) is 0 Å². The molecule has 2 amide bonds. The van der Waals surface area contributed by atoms with Gasteiger partial charge in [-0.3, -0.25) is 14.5 Å². The standard InChI is InChI=1S/C17H23NO4/c1-14(20)18(13-15-8-10-16(21)11-9-15)17(22)7-5-3-2-4-6-12-19/h8-12,21H,2-7,13H2,1H3. The molecule has 120 valence electrons. The summed E-state index contributed by atoms with van der Waals surface area (Å²) in [4.78, 5) is 35.2. The molecule has 0 aromatic heterocycles. The highest BCUT2D eigenvalue weighted by Crippen LogP contribution is 2.14. The number of aromatic hydroxyl groups is 1. The van der Waals surface area contributed by atoms with Crippen LogP contribution in [0.5, 0.6) is 5.75 Å². The summed E-state index contributed by atoms with van der Waals surface area (Å²) in [5.74, 6) is -0.310. The van der Waals surface area contributed by atoms with E-state index in [2.05, 4.69) is 0 Å². The average Bonchev–Trinajstić information content (AvgIpc) is 2.49. The van der Waals surface area contributed by atoms with E-state index in [1.165, 1.54) is 24.0 Å². The number of phenols is 1. The quantitative estimate of drug-likeness (QED) is 0.562. The lowest BCUT2D eigenvalue weighted by Crippen LogP contribution is -2.34. The molecule has 0 fully saturated rings. The number of hydrogen-bond donors (Lipinski definition) is 1. The molecule has 1 aromatic rings. The number of imide groups is 1. The summed E-state index contributed by atoms with van der Waals surface area (Å²) in [6.45, 7) is 1.60. The molecule has 0 heterocycles. The smallest absolute Gasteiger partial charge is 0.229 e. The zero-order valence-electron chi connectivity index (χ0n) is 13.0. The molecule has 0 aliphatic heterocycles. The van der Waals surface area contributed by atoms with Gasteiger partial charge < -0.3 is 9.90 Å². The first-order chi connectivity index (χ1) is 10.5. The number of nitrogens with zero attached hydrogens (tertiary/aromatic N) is 1. The number of carbonyl (C=O) groups is 3. The van der Waals surface area contributed by atoms with Gasteiger partial charge in [0.1, 0.15) is 12.0 Å². The minimum atomic E-state index is -0.279. The average molecular weight is 305 g/mol. The Labute approximate surface area is 130 Å². The van der Waals surface area contributed by atoms with E-state index in [1.807, 2.05) is 0 Å². The van der Waals surface area contributed by atoms with E-state index in [9.17, 15) is 19.5 Å². The van der Waals surface area contributed by atoms with Crippen LogP contribution in [0.2, 0.25) is 0 Å². The maximum atomic E-state index is 12.1. The van der Waals surface area contributed by atoms with Gasteiger partial charge in [-0.15, -0.1) is 0 Å². The van der Waals surface area contributed by atoms with Crippen LogP contribution in [0, 0.1) is 0 Å². The van der Waals surface area contributed by atoms with Gasteiger partial charge in [0.05, 0.1) is 6.54 Å². The second kappa shape index (κ2) is 9.71. The van der Waals surface area contributed by atoms with E-state index in [4.69, 9.17) is 0 Å². The van der Waals surface area contributed by atoms with E-state index in [1.54, 1.807) is 12.1 Å². The molecule has 0 atom stereocenters. The second-order valence-corrected chi connectivity index (χ2v) is 5.28. The van der Waals surface area contributed by atoms with Crippen molar-refractivity contribution in [1.82, 2.24) is 4.90 Å². The molecule has 22 heavy (non-hydrogen) atoms. The molecule has 5 nitrogen and oxygen atoms in total. The van der Waals surface area contributed by atoms with Gasteiger partial charge in [-0.05, 0) is 30.5 Å². The van der Waals surface area contributed by atoms with Crippen LogP contribution < -0.4 is 0 Å². The lowest BCUT2D eigenvalue weighted by atomic mass is 10.1. The van der Waals surface area contributed by atoms with Crippen LogP contribution in [0.4, 0.5) is 0 Å². The topological polar surface area (TPSA) is 74.7 Å².